The van der Waals surface area contributed by atoms with Crippen molar-refractivity contribution in [2.24, 2.45) is 17.8 Å². The zero-order valence-corrected chi connectivity index (χ0v) is 6.70. The van der Waals surface area contributed by atoms with E-state index in [4.69, 9.17) is 0 Å². The summed E-state index contributed by atoms with van der Waals surface area (Å²) in [5.74, 6) is 2.51. The summed E-state index contributed by atoms with van der Waals surface area (Å²) in [5.41, 5.74) is 0. The number of rotatable bonds is 3. The molecule has 3 atom stereocenters. The molecule has 2 rings (SSSR count). The van der Waals surface area contributed by atoms with Crippen LogP contribution in [0.5, 0.6) is 0 Å². The highest BCUT2D eigenvalue weighted by atomic mass is 16.1. The lowest BCUT2D eigenvalue weighted by atomic mass is 9.90. The van der Waals surface area contributed by atoms with E-state index in [0.29, 0.717) is 0 Å². The predicted molar refractivity (Wildman–Crippen MR) is 44.1 cm³/mol. The van der Waals surface area contributed by atoms with Crippen LogP contribution in [-0.2, 0) is 4.79 Å². The van der Waals surface area contributed by atoms with Crippen LogP contribution >= 0.6 is 0 Å². The molecule has 60 valence electrons. The number of fused-ring (bicyclic) bond motifs is 2. The molecule has 0 radical (unpaired) electrons. The molecule has 1 fully saturated rings. The van der Waals surface area contributed by atoms with Crippen LogP contribution in [0.1, 0.15) is 25.7 Å². The first-order valence-corrected chi connectivity index (χ1v) is 4.52. The SMILES string of the molecule is O=CCC[C@@H]1C[C@@H]2C=C[C@H]1C2. The maximum atomic E-state index is 10.1. The molecule has 1 heteroatoms. The molecule has 0 unspecified atom stereocenters. The van der Waals surface area contributed by atoms with Gasteiger partial charge < -0.3 is 4.79 Å². The summed E-state index contributed by atoms with van der Waals surface area (Å²) in [7, 11) is 0. The minimum atomic E-state index is 0.766. The Labute approximate surface area is 67.5 Å². The molecule has 1 saturated carbocycles. The van der Waals surface area contributed by atoms with Gasteiger partial charge in [-0.3, -0.25) is 0 Å². The summed E-state index contributed by atoms with van der Waals surface area (Å²) in [6.07, 6.45) is 10.3. The first-order chi connectivity index (χ1) is 5.40. The van der Waals surface area contributed by atoms with Crippen molar-refractivity contribution >= 4 is 6.29 Å². The predicted octanol–water partition coefficient (Wildman–Crippen LogP) is 2.18. The van der Waals surface area contributed by atoms with Crippen LogP contribution in [0.3, 0.4) is 0 Å². The van der Waals surface area contributed by atoms with Crippen LogP contribution < -0.4 is 0 Å². The van der Waals surface area contributed by atoms with Gasteiger partial charge in [-0.25, -0.2) is 0 Å². The van der Waals surface area contributed by atoms with Crippen molar-refractivity contribution in [3.05, 3.63) is 12.2 Å². The van der Waals surface area contributed by atoms with Crippen molar-refractivity contribution in [2.75, 3.05) is 0 Å². The maximum absolute atomic E-state index is 10.1. The molecule has 0 amide bonds. The number of hydrogen-bond acceptors (Lipinski definition) is 1. The van der Waals surface area contributed by atoms with Crippen LogP contribution in [-0.4, -0.2) is 6.29 Å². The van der Waals surface area contributed by atoms with Crippen molar-refractivity contribution in [1.29, 1.82) is 0 Å². The number of carbonyl (C=O) groups is 1. The Balaban J connectivity index is 1.88. The highest BCUT2D eigenvalue weighted by molar-refractivity contribution is 5.49. The van der Waals surface area contributed by atoms with Gasteiger partial charge in [0.25, 0.3) is 0 Å². The van der Waals surface area contributed by atoms with E-state index in [1.807, 2.05) is 0 Å². The lowest BCUT2D eigenvalue weighted by Crippen LogP contribution is -2.06. The van der Waals surface area contributed by atoms with E-state index >= 15 is 0 Å². The number of aldehydes is 1. The first kappa shape index (κ1) is 7.08. The van der Waals surface area contributed by atoms with Crippen LogP contribution in [0.15, 0.2) is 12.2 Å². The fourth-order valence-corrected chi connectivity index (χ4v) is 2.51. The molecule has 0 N–H and O–H groups in total. The number of allylic oxidation sites excluding steroid dienone is 2. The Bertz CT molecular complexity index is 183. The molecule has 0 aromatic rings. The monoisotopic (exact) mass is 150 g/mol. The molecular formula is C10H14O. The summed E-state index contributed by atoms with van der Waals surface area (Å²) >= 11 is 0. The molecular weight excluding hydrogens is 136 g/mol. The zero-order valence-electron chi connectivity index (χ0n) is 6.70. The fourth-order valence-electron chi connectivity index (χ4n) is 2.51. The smallest absolute Gasteiger partial charge is 0.120 e. The maximum Gasteiger partial charge on any atom is 0.120 e. The van der Waals surface area contributed by atoms with E-state index in [-0.39, 0.29) is 0 Å². The quantitative estimate of drug-likeness (QED) is 0.445. The van der Waals surface area contributed by atoms with E-state index in [1.165, 1.54) is 12.8 Å². The van der Waals surface area contributed by atoms with E-state index in [2.05, 4.69) is 12.2 Å². The third-order valence-corrected chi connectivity index (χ3v) is 3.07. The lowest BCUT2D eigenvalue weighted by molar-refractivity contribution is -0.108. The molecule has 0 spiro atoms. The topological polar surface area (TPSA) is 17.1 Å². The molecule has 2 aliphatic rings. The summed E-state index contributed by atoms with van der Waals surface area (Å²) in [4.78, 5) is 10.1. The standard InChI is InChI=1S/C10H14O/c11-5-1-2-9-6-8-3-4-10(9)7-8/h3-5,8-10H,1-2,6-7H2/t8-,9+,10-/m0/s1. The molecule has 2 bridgehead atoms. The molecule has 0 aromatic heterocycles. The van der Waals surface area contributed by atoms with Gasteiger partial charge in [-0.05, 0) is 37.0 Å². The molecule has 0 aromatic carbocycles. The number of hydrogen-bond donors (Lipinski definition) is 0. The summed E-state index contributed by atoms with van der Waals surface area (Å²) in [5, 5.41) is 0. The van der Waals surface area contributed by atoms with Gasteiger partial charge in [-0.1, -0.05) is 12.2 Å². The molecule has 2 aliphatic carbocycles. The van der Waals surface area contributed by atoms with Gasteiger partial charge in [-0.2, -0.15) is 0 Å². The third-order valence-electron chi connectivity index (χ3n) is 3.07. The van der Waals surface area contributed by atoms with Crippen LogP contribution in [0.4, 0.5) is 0 Å². The van der Waals surface area contributed by atoms with Crippen molar-refractivity contribution in [3.63, 3.8) is 0 Å². The summed E-state index contributed by atoms with van der Waals surface area (Å²) in [6.45, 7) is 0. The molecule has 11 heavy (non-hydrogen) atoms. The largest absolute Gasteiger partial charge is 0.303 e. The van der Waals surface area contributed by atoms with Crippen molar-refractivity contribution in [3.8, 4) is 0 Å². The first-order valence-electron chi connectivity index (χ1n) is 4.52. The highest BCUT2D eigenvalue weighted by Crippen LogP contribution is 2.45. The second-order valence-corrected chi connectivity index (χ2v) is 3.78. The Kier molecular flexibility index (Phi) is 1.80. The Morgan fingerprint density at radius 3 is 2.82 bits per heavy atom. The van der Waals surface area contributed by atoms with Gasteiger partial charge in [0.2, 0.25) is 0 Å². The van der Waals surface area contributed by atoms with E-state index < -0.39 is 0 Å². The minimum Gasteiger partial charge on any atom is -0.303 e. The average Bonchev–Trinajstić information content (AvgIpc) is 2.60. The Hall–Kier alpha value is -0.590. The highest BCUT2D eigenvalue weighted by Gasteiger charge is 2.34. The normalized spacial score (nSPS) is 39.8. The minimum absolute atomic E-state index is 0.766. The second kappa shape index (κ2) is 2.80. The van der Waals surface area contributed by atoms with Crippen LogP contribution in [0.2, 0.25) is 0 Å². The molecule has 0 aliphatic heterocycles. The number of carbonyl (C=O) groups excluding carboxylic acids is 1. The van der Waals surface area contributed by atoms with Gasteiger partial charge in [0.05, 0.1) is 0 Å². The molecule has 0 heterocycles. The van der Waals surface area contributed by atoms with Gasteiger partial charge in [-0.15, -0.1) is 0 Å². The van der Waals surface area contributed by atoms with Gasteiger partial charge >= 0.3 is 0 Å². The van der Waals surface area contributed by atoms with E-state index in [9.17, 15) is 4.79 Å². The Morgan fingerprint density at radius 1 is 1.36 bits per heavy atom. The van der Waals surface area contributed by atoms with Crippen LogP contribution in [0, 0.1) is 17.8 Å². The zero-order chi connectivity index (χ0) is 7.68. The Morgan fingerprint density at radius 2 is 2.27 bits per heavy atom. The van der Waals surface area contributed by atoms with E-state index in [1.54, 1.807) is 0 Å². The fraction of sp³-hybridized carbons (Fsp3) is 0.700. The van der Waals surface area contributed by atoms with Gasteiger partial charge in [0.1, 0.15) is 6.29 Å². The molecule has 0 saturated heterocycles. The van der Waals surface area contributed by atoms with Gasteiger partial charge in [0.15, 0.2) is 0 Å². The molecule has 1 nitrogen and oxygen atoms in total. The average molecular weight is 150 g/mol. The summed E-state index contributed by atoms with van der Waals surface area (Å²) < 4.78 is 0. The van der Waals surface area contributed by atoms with Crippen LogP contribution in [0.25, 0.3) is 0 Å². The second-order valence-electron chi connectivity index (χ2n) is 3.78. The van der Waals surface area contributed by atoms with Crippen molar-refractivity contribution < 1.29 is 4.79 Å². The van der Waals surface area contributed by atoms with Crippen molar-refractivity contribution in [2.45, 2.75) is 25.7 Å². The lowest BCUT2D eigenvalue weighted by Gasteiger charge is -2.15. The van der Waals surface area contributed by atoms with E-state index in [0.717, 1.165) is 36.9 Å². The van der Waals surface area contributed by atoms with Crippen molar-refractivity contribution in [1.82, 2.24) is 0 Å². The third kappa shape index (κ3) is 1.24. The van der Waals surface area contributed by atoms with Gasteiger partial charge in [0, 0.05) is 6.42 Å². The summed E-state index contributed by atoms with van der Waals surface area (Å²) in [6, 6.07) is 0.